The smallest absolute Gasteiger partial charge is 0.335 e. The predicted molar refractivity (Wildman–Crippen MR) is 70.0 cm³/mol. The molecule has 1 N–H and O–H groups in total. The zero-order chi connectivity index (χ0) is 12.0. The minimum Gasteiger partial charge on any atom is -0.478 e. The highest BCUT2D eigenvalue weighted by molar-refractivity contribution is 7.17. The van der Waals surface area contributed by atoms with Crippen molar-refractivity contribution in [3.8, 4) is 0 Å². The number of rotatable bonds is 1. The molecule has 2 heterocycles. The Morgan fingerprint density at radius 1 is 1.41 bits per heavy atom. The van der Waals surface area contributed by atoms with Gasteiger partial charge >= 0.3 is 5.97 Å². The minimum atomic E-state index is -0.893. The average molecular weight is 243 g/mol. The van der Waals surface area contributed by atoms with Crippen molar-refractivity contribution >= 4 is 39.2 Å². The maximum absolute atomic E-state index is 11.1. The summed E-state index contributed by atoms with van der Waals surface area (Å²) in [5.74, 6) is -0.893. The van der Waals surface area contributed by atoms with E-state index in [4.69, 9.17) is 5.11 Å². The number of carbonyl (C=O) groups is 1. The second-order valence-electron chi connectivity index (χ2n) is 3.98. The van der Waals surface area contributed by atoms with E-state index in [-0.39, 0.29) is 0 Å². The maximum atomic E-state index is 11.1. The van der Waals surface area contributed by atoms with Gasteiger partial charge in [0.15, 0.2) is 0 Å². The lowest BCUT2D eigenvalue weighted by atomic mass is 9.99. The van der Waals surface area contributed by atoms with Crippen LogP contribution in [0.5, 0.6) is 0 Å². The number of nitrogens with zero attached hydrogens (tertiary/aromatic N) is 1. The summed E-state index contributed by atoms with van der Waals surface area (Å²) in [5, 5.41) is 12.2. The quantitative estimate of drug-likeness (QED) is 0.834. The van der Waals surface area contributed by atoms with Gasteiger partial charge in [0.25, 0.3) is 0 Å². The van der Waals surface area contributed by atoms with E-state index in [1.165, 1.54) is 0 Å². The molecular formula is C13H9NO2S. The van der Waals surface area contributed by atoms with E-state index >= 15 is 0 Å². The fraction of sp³-hybridized carbons (Fsp3) is 0.0769. The van der Waals surface area contributed by atoms with Gasteiger partial charge < -0.3 is 5.11 Å². The number of carboxylic acid groups (broad SMARTS) is 1. The predicted octanol–water partition coefficient (Wildman–Crippen LogP) is 3.39. The lowest BCUT2D eigenvalue weighted by molar-refractivity contribution is 0.0697. The van der Waals surface area contributed by atoms with Gasteiger partial charge in [0.2, 0.25) is 0 Å². The van der Waals surface area contributed by atoms with Crippen LogP contribution in [-0.4, -0.2) is 17.3 Å². The second kappa shape index (κ2) is 3.53. The molecule has 3 nitrogen and oxygen atoms in total. The van der Waals surface area contributed by atoms with Crippen LogP contribution in [0.15, 0.2) is 28.7 Å². The summed E-state index contributed by atoms with van der Waals surface area (Å²) in [6, 6.07) is 3.45. The third-order valence-electron chi connectivity index (χ3n) is 2.86. The van der Waals surface area contributed by atoms with Crippen LogP contribution < -0.4 is 0 Å². The molecule has 1 aromatic heterocycles. The highest BCUT2D eigenvalue weighted by Gasteiger charge is 2.15. The Kier molecular flexibility index (Phi) is 2.12. The van der Waals surface area contributed by atoms with Crippen molar-refractivity contribution in [3.63, 3.8) is 0 Å². The number of hydrogen-bond donors (Lipinski definition) is 1. The highest BCUT2D eigenvalue weighted by atomic mass is 32.1. The molecule has 0 amide bonds. The van der Waals surface area contributed by atoms with Crippen molar-refractivity contribution in [3.05, 3.63) is 40.4 Å². The molecule has 0 aliphatic carbocycles. The van der Waals surface area contributed by atoms with Crippen molar-refractivity contribution in [2.75, 3.05) is 0 Å². The lowest BCUT2D eigenvalue weighted by Crippen LogP contribution is -1.97. The summed E-state index contributed by atoms with van der Waals surface area (Å²) < 4.78 is 0.996. The summed E-state index contributed by atoms with van der Waals surface area (Å²) in [7, 11) is 0. The van der Waals surface area contributed by atoms with Crippen LogP contribution in [0.4, 0.5) is 0 Å². The molecule has 0 spiro atoms. The van der Waals surface area contributed by atoms with Gasteiger partial charge in [-0.1, -0.05) is 0 Å². The van der Waals surface area contributed by atoms with Crippen LogP contribution in [-0.2, 0) is 0 Å². The van der Waals surface area contributed by atoms with Gasteiger partial charge in [-0.15, -0.1) is 11.3 Å². The molecule has 0 saturated carbocycles. The number of allylic oxidation sites excluding steroid dienone is 1. The number of carboxylic acids is 1. The molecule has 17 heavy (non-hydrogen) atoms. The van der Waals surface area contributed by atoms with E-state index in [9.17, 15) is 4.79 Å². The average Bonchev–Trinajstić information content (AvgIpc) is 2.63. The molecule has 1 aromatic carbocycles. The topological polar surface area (TPSA) is 49.7 Å². The SMILES string of the molecule is CC1=CN=Cc2csc3cc(C(=O)O)cc1c23. The van der Waals surface area contributed by atoms with Crippen LogP contribution in [0.25, 0.3) is 15.7 Å². The van der Waals surface area contributed by atoms with Gasteiger partial charge in [-0.25, -0.2) is 4.79 Å². The van der Waals surface area contributed by atoms with Crippen LogP contribution in [0, 0.1) is 0 Å². The molecular weight excluding hydrogens is 234 g/mol. The Balaban J connectivity index is 2.45. The van der Waals surface area contributed by atoms with E-state index in [0.29, 0.717) is 5.56 Å². The second-order valence-corrected chi connectivity index (χ2v) is 4.89. The van der Waals surface area contributed by atoms with Crippen molar-refractivity contribution < 1.29 is 9.90 Å². The molecule has 0 radical (unpaired) electrons. The van der Waals surface area contributed by atoms with Crippen molar-refractivity contribution in [1.82, 2.24) is 0 Å². The molecule has 0 bridgehead atoms. The standard InChI is InChI=1S/C13H9NO2S/c1-7-4-14-5-9-6-17-11-3-8(13(15)16)2-10(7)12(9)11/h2-6H,1H3,(H,15,16). The lowest BCUT2D eigenvalue weighted by Gasteiger charge is -2.05. The van der Waals surface area contributed by atoms with Gasteiger partial charge in [0, 0.05) is 33.4 Å². The minimum absolute atomic E-state index is 0.329. The number of aromatic carboxylic acids is 1. The number of aliphatic imine (C=N–C) groups is 1. The van der Waals surface area contributed by atoms with Gasteiger partial charge in [0.05, 0.1) is 5.56 Å². The van der Waals surface area contributed by atoms with Crippen molar-refractivity contribution in [1.29, 1.82) is 0 Å². The summed E-state index contributed by atoms with van der Waals surface area (Å²) in [6.07, 6.45) is 3.59. The first-order valence-corrected chi connectivity index (χ1v) is 6.03. The Bertz CT molecular complexity index is 695. The maximum Gasteiger partial charge on any atom is 0.335 e. The summed E-state index contributed by atoms with van der Waals surface area (Å²) in [5.41, 5.74) is 3.35. The van der Waals surface area contributed by atoms with Crippen molar-refractivity contribution in [2.24, 2.45) is 4.99 Å². The number of benzene rings is 1. The molecule has 2 aromatic rings. The molecule has 1 aliphatic rings. The van der Waals surface area contributed by atoms with E-state index in [2.05, 4.69) is 4.99 Å². The molecule has 3 rings (SSSR count). The van der Waals surface area contributed by atoms with E-state index < -0.39 is 5.97 Å². The summed E-state index contributed by atoms with van der Waals surface area (Å²) in [6.45, 7) is 1.95. The van der Waals surface area contributed by atoms with Crippen LogP contribution in [0.1, 0.15) is 28.4 Å². The molecule has 0 atom stereocenters. The molecule has 84 valence electrons. The number of thiophene rings is 1. The Morgan fingerprint density at radius 3 is 3.00 bits per heavy atom. The Morgan fingerprint density at radius 2 is 2.24 bits per heavy atom. The van der Waals surface area contributed by atoms with E-state index in [0.717, 1.165) is 26.8 Å². The first-order chi connectivity index (χ1) is 8.16. The molecule has 0 unspecified atom stereocenters. The summed E-state index contributed by atoms with van der Waals surface area (Å²) >= 11 is 1.55. The first kappa shape index (κ1) is 10.2. The third-order valence-corrected chi connectivity index (χ3v) is 3.80. The van der Waals surface area contributed by atoms with Gasteiger partial charge in [-0.2, -0.15) is 0 Å². The van der Waals surface area contributed by atoms with Crippen LogP contribution in [0.3, 0.4) is 0 Å². The zero-order valence-electron chi connectivity index (χ0n) is 9.10. The molecule has 1 aliphatic heterocycles. The first-order valence-electron chi connectivity index (χ1n) is 5.15. The van der Waals surface area contributed by atoms with E-state index in [1.54, 1.807) is 29.7 Å². The fourth-order valence-corrected chi connectivity index (χ4v) is 2.99. The fourth-order valence-electron chi connectivity index (χ4n) is 2.02. The van der Waals surface area contributed by atoms with Crippen molar-refractivity contribution in [2.45, 2.75) is 6.92 Å². The third kappa shape index (κ3) is 1.49. The van der Waals surface area contributed by atoms with E-state index in [1.807, 2.05) is 18.5 Å². The van der Waals surface area contributed by atoms with Crippen LogP contribution in [0.2, 0.25) is 0 Å². The highest BCUT2D eigenvalue weighted by Crippen LogP contribution is 2.34. The number of hydrogen-bond acceptors (Lipinski definition) is 3. The molecule has 4 heteroatoms. The largest absolute Gasteiger partial charge is 0.478 e. The molecule has 0 saturated heterocycles. The Hall–Kier alpha value is -1.94. The van der Waals surface area contributed by atoms with Gasteiger partial charge in [0.1, 0.15) is 0 Å². The van der Waals surface area contributed by atoms with Gasteiger partial charge in [-0.05, 0) is 30.2 Å². The van der Waals surface area contributed by atoms with Gasteiger partial charge in [-0.3, -0.25) is 4.99 Å². The normalized spacial score (nSPS) is 13.6. The monoisotopic (exact) mass is 243 g/mol. The summed E-state index contributed by atoms with van der Waals surface area (Å²) in [4.78, 5) is 15.3. The van der Waals surface area contributed by atoms with Crippen LogP contribution >= 0.6 is 11.3 Å². The molecule has 0 fully saturated rings. The Labute approximate surface area is 102 Å². The zero-order valence-corrected chi connectivity index (χ0v) is 9.91.